The van der Waals surface area contributed by atoms with Crippen molar-refractivity contribution in [2.75, 3.05) is 32.8 Å². The van der Waals surface area contributed by atoms with Crippen LogP contribution in [0, 0.1) is 11.8 Å². The Bertz CT molecular complexity index is 504. The fraction of sp³-hybridized carbons (Fsp3) is 0.833. The van der Waals surface area contributed by atoms with Crippen LogP contribution >= 0.6 is 0 Å². The maximum Gasteiger partial charge on any atom is 0.409 e. The zero-order valence-electron chi connectivity index (χ0n) is 15.0. The second-order valence-electron chi connectivity index (χ2n) is 7.34. The molecule has 1 aliphatic carbocycles. The Morgan fingerprint density at radius 3 is 2.04 bits per heavy atom. The van der Waals surface area contributed by atoms with Crippen LogP contribution in [0.2, 0.25) is 0 Å². The Hall–Kier alpha value is -1.79. The minimum atomic E-state index is -0.264. The van der Waals surface area contributed by atoms with Crippen molar-refractivity contribution in [3.63, 3.8) is 0 Å². The number of rotatable bonds is 4. The van der Waals surface area contributed by atoms with Gasteiger partial charge in [-0.15, -0.1) is 0 Å². The molecular formula is C18H29N3O4. The zero-order chi connectivity index (χ0) is 17.8. The van der Waals surface area contributed by atoms with Crippen LogP contribution in [0.15, 0.2) is 0 Å². The largest absolute Gasteiger partial charge is 0.450 e. The third kappa shape index (κ3) is 4.64. The summed E-state index contributed by atoms with van der Waals surface area (Å²) in [5.74, 6) is 0.652. The van der Waals surface area contributed by atoms with Gasteiger partial charge in [-0.2, -0.15) is 0 Å². The quantitative estimate of drug-likeness (QED) is 0.830. The van der Waals surface area contributed by atoms with Gasteiger partial charge in [-0.25, -0.2) is 4.79 Å². The van der Waals surface area contributed by atoms with Crippen LogP contribution in [0.3, 0.4) is 0 Å². The molecule has 2 aliphatic heterocycles. The van der Waals surface area contributed by atoms with Gasteiger partial charge in [0.05, 0.1) is 6.61 Å². The number of nitrogens with zero attached hydrogens (tertiary/aromatic N) is 2. The number of ether oxygens (including phenoxy) is 1. The highest BCUT2D eigenvalue weighted by atomic mass is 16.6. The van der Waals surface area contributed by atoms with Gasteiger partial charge < -0.3 is 19.9 Å². The summed E-state index contributed by atoms with van der Waals surface area (Å²) in [5.41, 5.74) is 0. The fourth-order valence-electron chi connectivity index (χ4n) is 3.69. The molecule has 0 spiro atoms. The number of nitrogens with one attached hydrogen (secondary N) is 1. The van der Waals surface area contributed by atoms with Crippen LogP contribution in [0.25, 0.3) is 0 Å². The van der Waals surface area contributed by atoms with E-state index in [0.717, 1.165) is 38.5 Å². The molecule has 3 rings (SSSR count). The van der Waals surface area contributed by atoms with Gasteiger partial charge >= 0.3 is 6.09 Å². The second kappa shape index (κ2) is 8.06. The van der Waals surface area contributed by atoms with Crippen molar-refractivity contribution in [2.45, 2.75) is 51.5 Å². The first-order chi connectivity index (χ1) is 12.1. The molecule has 0 bridgehead atoms. The van der Waals surface area contributed by atoms with Crippen LogP contribution in [-0.4, -0.2) is 66.5 Å². The SMILES string of the molecule is CCOC(=O)N1CCC(NC(=O)C2CCN(C(=O)C3CC3)CC2)CC1. The number of piperidine rings is 2. The van der Waals surface area contributed by atoms with Gasteiger partial charge in [-0.1, -0.05) is 0 Å². The molecule has 0 aromatic heterocycles. The predicted molar refractivity (Wildman–Crippen MR) is 91.8 cm³/mol. The van der Waals surface area contributed by atoms with Crippen molar-refractivity contribution >= 4 is 17.9 Å². The minimum absolute atomic E-state index is 0.00587. The maximum absolute atomic E-state index is 12.5. The van der Waals surface area contributed by atoms with Gasteiger partial charge in [0.15, 0.2) is 0 Å². The smallest absolute Gasteiger partial charge is 0.409 e. The first kappa shape index (κ1) is 18.0. The van der Waals surface area contributed by atoms with E-state index in [1.807, 2.05) is 4.90 Å². The van der Waals surface area contributed by atoms with Crippen LogP contribution in [0.1, 0.15) is 45.4 Å². The second-order valence-corrected chi connectivity index (χ2v) is 7.34. The van der Waals surface area contributed by atoms with Crippen LogP contribution in [-0.2, 0) is 14.3 Å². The van der Waals surface area contributed by atoms with Gasteiger partial charge in [0.1, 0.15) is 0 Å². The van der Waals surface area contributed by atoms with E-state index in [1.165, 1.54) is 0 Å². The van der Waals surface area contributed by atoms with Crippen molar-refractivity contribution in [1.82, 2.24) is 15.1 Å². The molecule has 1 N–H and O–H groups in total. The Labute approximate surface area is 149 Å². The average molecular weight is 351 g/mol. The van der Waals surface area contributed by atoms with Crippen molar-refractivity contribution in [3.05, 3.63) is 0 Å². The first-order valence-electron chi connectivity index (χ1n) is 9.59. The summed E-state index contributed by atoms with van der Waals surface area (Å²) in [6.45, 7) is 4.84. The fourth-order valence-corrected chi connectivity index (χ4v) is 3.69. The highest BCUT2D eigenvalue weighted by Crippen LogP contribution is 2.32. The summed E-state index contributed by atoms with van der Waals surface area (Å²) in [6.07, 6.45) is 4.85. The molecular weight excluding hydrogens is 322 g/mol. The van der Waals surface area contributed by atoms with E-state index in [-0.39, 0.29) is 35.8 Å². The molecule has 0 aromatic rings. The van der Waals surface area contributed by atoms with Crippen molar-refractivity contribution in [3.8, 4) is 0 Å². The molecule has 7 heteroatoms. The van der Waals surface area contributed by atoms with E-state index >= 15 is 0 Å². The molecule has 140 valence electrons. The molecule has 2 saturated heterocycles. The van der Waals surface area contributed by atoms with Crippen LogP contribution in [0.4, 0.5) is 4.79 Å². The topological polar surface area (TPSA) is 79.0 Å². The maximum atomic E-state index is 12.5. The van der Waals surface area contributed by atoms with E-state index in [4.69, 9.17) is 4.74 Å². The van der Waals surface area contributed by atoms with E-state index in [0.29, 0.717) is 32.8 Å². The molecule has 2 heterocycles. The summed E-state index contributed by atoms with van der Waals surface area (Å²) >= 11 is 0. The lowest BCUT2D eigenvalue weighted by Gasteiger charge is -2.34. The molecule has 0 radical (unpaired) electrons. The first-order valence-corrected chi connectivity index (χ1v) is 9.59. The number of amides is 3. The molecule has 1 saturated carbocycles. The molecule has 3 amide bonds. The Morgan fingerprint density at radius 2 is 1.48 bits per heavy atom. The van der Waals surface area contributed by atoms with Crippen molar-refractivity contribution in [2.24, 2.45) is 11.8 Å². The van der Waals surface area contributed by atoms with E-state index in [9.17, 15) is 14.4 Å². The number of carbonyl (C=O) groups is 3. The number of hydrogen-bond donors (Lipinski definition) is 1. The molecule has 3 aliphatic rings. The molecule has 0 unspecified atom stereocenters. The Balaban J connectivity index is 1.37. The number of hydrogen-bond acceptors (Lipinski definition) is 4. The third-order valence-corrected chi connectivity index (χ3v) is 5.47. The Kier molecular flexibility index (Phi) is 5.81. The summed E-state index contributed by atoms with van der Waals surface area (Å²) in [6, 6.07) is 0.129. The monoisotopic (exact) mass is 351 g/mol. The van der Waals surface area contributed by atoms with Crippen LogP contribution < -0.4 is 5.32 Å². The summed E-state index contributed by atoms with van der Waals surface area (Å²) in [4.78, 5) is 39.9. The number of carbonyl (C=O) groups excluding carboxylic acids is 3. The molecule has 0 aromatic carbocycles. The molecule has 0 atom stereocenters. The van der Waals surface area contributed by atoms with Crippen LogP contribution in [0.5, 0.6) is 0 Å². The van der Waals surface area contributed by atoms with Gasteiger partial charge in [0, 0.05) is 44.1 Å². The zero-order valence-corrected chi connectivity index (χ0v) is 15.0. The highest BCUT2D eigenvalue weighted by molar-refractivity contribution is 5.82. The standard InChI is InChI=1S/C18H29N3O4/c1-2-25-18(24)21-11-7-15(8-12-21)19-16(22)13-5-9-20(10-6-13)17(23)14-3-4-14/h13-15H,2-12H2,1H3,(H,19,22). The van der Waals surface area contributed by atoms with Crippen molar-refractivity contribution in [1.29, 1.82) is 0 Å². The van der Waals surface area contributed by atoms with Gasteiger partial charge in [0.25, 0.3) is 0 Å². The molecule has 25 heavy (non-hydrogen) atoms. The van der Waals surface area contributed by atoms with Gasteiger partial charge in [0.2, 0.25) is 11.8 Å². The Morgan fingerprint density at radius 1 is 0.880 bits per heavy atom. The van der Waals surface area contributed by atoms with E-state index in [1.54, 1.807) is 11.8 Å². The minimum Gasteiger partial charge on any atom is -0.450 e. The van der Waals surface area contributed by atoms with E-state index in [2.05, 4.69) is 5.32 Å². The summed E-state index contributed by atoms with van der Waals surface area (Å²) in [7, 11) is 0. The summed E-state index contributed by atoms with van der Waals surface area (Å²) in [5, 5.41) is 3.14. The van der Waals surface area contributed by atoms with Crippen molar-refractivity contribution < 1.29 is 19.1 Å². The number of likely N-dealkylation sites (tertiary alicyclic amines) is 2. The lowest BCUT2D eigenvalue weighted by atomic mass is 9.94. The van der Waals surface area contributed by atoms with E-state index < -0.39 is 0 Å². The highest BCUT2D eigenvalue weighted by Gasteiger charge is 2.36. The molecule has 3 fully saturated rings. The lowest BCUT2D eigenvalue weighted by Crippen LogP contribution is -2.49. The predicted octanol–water partition coefficient (Wildman–Crippen LogP) is 1.37. The molecule has 7 nitrogen and oxygen atoms in total. The van der Waals surface area contributed by atoms with Gasteiger partial charge in [-0.3, -0.25) is 9.59 Å². The summed E-state index contributed by atoms with van der Waals surface area (Å²) < 4.78 is 5.01. The lowest BCUT2D eigenvalue weighted by molar-refractivity contribution is -0.136. The average Bonchev–Trinajstić information content (AvgIpc) is 3.47. The third-order valence-electron chi connectivity index (χ3n) is 5.47. The normalized spacial score (nSPS) is 22.6. The van der Waals surface area contributed by atoms with Gasteiger partial charge in [-0.05, 0) is 45.4 Å².